The van der Waals surface area contributed by atoms with Gasteiger partial charge in [-0.15, -0.1) is 11.3 Å². The first-order valence-corrected chi connectivity index (χ1v) is 10.4. The average Bonchev–Trinajstić information content (AvgIpc) is 3.16. The van der Waals surface area contributed by atoms with Crippen molar-refractivity contribution in [2.24, 2.45) is 0 Å². The first-order chi connectivity index (χ1) is 14.3. The minimum atomic E-state index is -0.532. The number of aromatic nitrogens is 2. The van der Waals surface area contributed by atoms with E-state index in [2.05, 4.69) is 5.32 Å². The quantitative estimate of drug-likeness (QED) is 0.547. The molecule has 0 aliphatic rings. The number of carbonyl (C=O) groups excluding carboxylic acids is 1. The molecule has 0 radical (unpaired) electrons. The Balaban J connectivity index is 1.81. The molecule has 152 valence electrons. The highest BCUT2D eigenvalue weighted by Crippen LogP contribution is 2.18. The van der Waals surface area contributed by atoms with E-state index < -0.39 is 5.69 Å². The maximum Gasteiger partial charge on any atom is 0.336 e. The van der Waals surface area contributed by atoms with E-state index in [-0.39, 0.29) is 18.0 Å². The number of thiophene rings is 1. The van der Waals surface area contributed by atoms with Crippen LogP contribution in [-0.2, 0) is 11.3 Å². The Morgan fingerprint density at radius 3 is 2.27 bits per heavy atom. The smallest absolute Gasteiger partial charge is 0.325 e. The molecular weight excluding hydrogens is 398 g/mol. The number of nitrogens with one attached hydrogen (secondary N) is 1. The van der Waals surface area contributed by atoms with Crippen LogP contribution in [-0.4, -0.2) is 15.0 Å². The van der Waals surface area contributed by atoms with E-state index in [1.807, 2.05) is 51.1 Å². The van der Waals surface area contributed by atoms with Gasteiger partial charge in [-0.05, 0) is 67.6 Å². The molecule has 2 aromatic heterocycles. The Kier molecular flexibility index (Phi) is 5.13. The first kappa shape index (κ1) is 19.8. The summed E-state index contributed by atoms with van der Waals surface area (Å²) in [5, 5.41) is 4.57. The van der Waals surface area contributed by atoms with Crippen molar-refractivity contribution in [1.29, 1.82) is 0 Å². The molecule has 2 heterocycles. The third kappa shape index (κ3) is 3.71. The van der Waals surface area contributed by atoms with Crippen LogP contribution in [0.5, 0.6) is 0 Å². The summed E-state index contributed by atoms with van der Waals surface area (Å²) in [6, 6.07) is 14.7. The lowest BCUT2D eigenvalue weighted by atomic mass is 10.1. The van der Waals surface area contributed by atoms with Crippen molar-refractivity contribution in [2.75, 3.05) is 5.32 Å². The zero-order valence-electron chi connectivity index (χ0n) is 16.9. The van der Waals surface area contributed by atoms with Gasteiger partial charge in [0.25, 0.3) is 5.56 Å². The summed E-state index contributed by atoms with van der Waals surface area (Å²) in [6.45, 7) is 5.61. The van der Waals surface area contributed by atoms with Crippen LogP contribution in [0.3, 0.4) is 0 Å². The number of hydrogen-bond acceptors (Lipinski definition) is 4. The van der Waals surface area contributed by atoms with Gasteiger partial charge in [0.15, 0.2) is 0 Å². The van der Waals surface area contributed by atoms with E-state index in [1.54, 1.807) is 23.6 Å². The second kappa shape index (κ2) is 7.76. The molecular formula is C23H21N3O3S. The van der Waals surface area contributed by atoms with Gasteiger partial charge in [0, 0.05) is 5.69 Å². The maximum atomic E-state index is 13.3. The number of aryl methyl sites for hydroxylation is 3. The van der Waals surface area contributed by atoms with Gasteiger partial charge < -0.3 is 5.32 Å². The summed E-state index contributed by atoms with van der Waals surface area (Å²) in [6.07, 6.45) is 0. The largest absolute Gasteiger partial charge is 0.336 e. The monoisotopic (exact) mass is 419 g/mol. The molecule has 1 N–H and O–H groups in total. The number of nitrogens with zero attached hydrogens (tertiary/aromatic N) is 2. The molecule has 30 heavy (non-hydrogen) atoms. The zero-order chi connectivity index (χ0) is 21.4. The van der Waals surface area contributed by atoms with Crippen LogP contribution in [0.1, 0.15) is 16.7 Å². The van der Waals surface area contributed by atoms with Crippen molar-refractivity contribution in [1.82, 2.24) is 9.13 Å². The number of rotatable bonds is 4. The second-order valence-corrected chi connectivity index (χ2v) is 8.32. The van der Waals surface area contributed by atoms with E-state index >= 15 is 0 Å². The molecule has 2 aromatic carbocycles. The fourth-order valence-electron chi connectivity index (χ4n) is 3.53. The highest BCUT2D eigenvalue weighted by Gasteiger charge is 2.18. The van der Waals surface area contributed by atoms with E-state index in [0.29, 0.717) is 21.6 Å². The highest BCUT2D eigenvalue weighted by atomic mass is 32.1. The Hall–Kier alpha value is -3.45. The molecule has 0 spiro atoms. The minimum absolute atomic E-state index is 0.189. The molecule has 0 unspecified atom stereocenters. The molecule has 1 amide bonds. The van der Waals surface area contributed by atoms with E-state index in [0.717, 1.165) is 21.3 Å². The number of amides is 1. The Morgan fingerprint density at radius 2 is 1.60 bits per heavy atom. The van der Waals surface area contributed by atoms with Gasteiger partial charge in [-0.1, -0.05) is 23.8 Å². The van der Waals surface area contributed by atoms with Crippen molar-refractivity contribution in [3.63, 3.8) is 0 Å². The van der Waals surface area contributed by atoms with E-state index in [4.69, 9.17) is 0 Å². The number of anilines is 1. The minimum Gasteiger partial charge on any atom is -0.325 e. The summed E-state index contributed by atoms with van der Waals surface area (Å²) in [5.41, 5.74) is 3.71. The number of hydrogen-bond donors (Lipinski definition) is 1. The van der Waals surface area contributed by atoms with Crippen LogP contribution in [0.4, 0.5) is 5.69 Å². The Morgan fingerprint density at radius 1 is 0.933 bits per heavy atom. The van der Waals surface area contributed by atoms with Gasteiger partial charge in [-0.25, -0.2) is 9.36 Å². The molecule has 4 aromatic rings. The van der Waals surface area contributed by atoms with Crippen LogP contribution in [0.25, 0.3) is 15.9 Å². The Labute approximate surface area is 177 Å². The van der Waals surface area contributed by atoms with Crippen LogP contribution in [0, 0.1) is 20.8 Å². The molecule has 0 bridgehead atoms. The third-order valence-corrected chi connectivity index (χ3v) is 5.75. The summed E-state index contributed by atoms with van der Waals surface area (Å²) >= 11 is 1.26. The van der Waals surface area contributed by atoms with Gasteiger partial charge >= 0.3 is 5.69 Å². The van der Waals surface area contributed by atoms with Crippen molar-refractivity contribution < 1.29 is 4.79 Å². The van der Waals surface area contributed by atoms with Crippen molar-refractivity contribution in [3.05, 3.63) is 91.4 Å². The summed E-state index contributed by atoms with van der Waals surface area (Å²) in [4.78, 5) is 39.0. The fraction of sp³-hybridized carbons (Fsp3) is 0.174. The predicted octanol–water partition coefficient (Wildman–Crippen LogP) is 3.78. The molecule has 0 saturated carbocycles. The van der Waals surface area contributed by atoms with E-state index in [1.165, 1.54) is 15.9 Å². The number of carbonyl (C=O) groups is 1. The van der Waals surface area contributed by atoms with Crippen LogP contribution >= 0.6 is 11.3 Å². The SMILES string of the molecule is Cc1ccc(NC(=O)Cn2c(=O)n(-c3cc(C)cc(C)c3)c(=O)c3sccc32)cc1. The summed E-state index contributed by atoms with van der Waals surface area (Å²) < 4.78 is 2.95. The average molecular weight is 420 g/mol. The fourth-order valence-corrected chi connectivity index (χ4v) is 4.35. The van der Waals surface area contributed by atoms with E-state index in [9.17, 15) is 14.4 Å². The predicted molar refractivity (Wildman–Crippen MR) is 121 cm³/mol. The molecule has 7 heteroatoms. The first-order valence-electron chi connectivity index (χ1n) is 9.52. The van der Waals surface area contributed by atoms with Gasteiger partial charge in [0.2, 0.25) is 5.91 Å². The standard InChI is InChI=1S/C23H21N3O3S/c1-14-4-6-17(7-5-14)24-20(27)13-25-19-8-9-30-21(19)22(28)26(23(25)29)18-11-15(2)10-16(3)12-18/h4-12H,13H2,1-3H3,(H,24,27). The van der Waals surface area contributed by atoms with Crippen molar-refractivity contribution >= 4 is 33.1 Å². The van der Waals surface area contributed by atoms with Crippen LogP contribution < -0.4 is 16.6 Å². The molecule has 0 fully saturated rings. The lowest BCUT2D eigenvalue weighted by Crippen LogP contribution is -2.40. The molecule has 0 aliphatic heterocycles. The molecule has 4 rings (SSSR count). The Bertz CT molecular complexity index is 1360. The molecule has 6 nitrogen and oxygen atoms in total. The number of benzene rings is 2. The van der Waals surface area contributed by atoms with Crippen molar-refractivity contribution in [3.8, 4) is 5.69 Å². The number of fused-ring (bicyclic) bond motifs is 1. The molecule has 0 aliphatic carbocycles. The molecule has 0 atom stereocenters. The van der Waals surface area contributed by atoms with Crippen LogP contribution in [0.15, 0.2) is 63.5 Å². The summed E-state index contributed by atoms with van der Waals surface area (Å²) in [5.74, 6) is -0.334. The third-order valence-electron chi connectivity index (χ3n) is 4.86. The maximum absolute atomic E-state index is 13.3. The van der Waals surface area contributed by atoms with Gasteiger partial charge in [0.1, 0.15) is 11.2 Å². The lowest BCUT2D eigenvalue weighted by molar-refractivity contribution is -0.116. The zero-order valence-corrected chi connectivity index (χ0v) is 17.7. The topological polar surface area (TPSA) is 73.1 Å². The van der Waals surface area contributed by atoms with Crippen LogP contribution in [0.2, 0.25) is 0 Å². The lowest BCUT2D eigenvalue weighted by Gasteiger charge is -2.13. The highest BCUT2D eigenvalue weighted by molar-refractivity contribution is 7.17. The summed E-state index contributed by atoms with van der Waals surface area (Å²) in [7, 11) is 0. The van der Waals surface area contributed by atoms with Crippen molar-refractivity contribution in [2.45, 2.75) is 27.3 Å². The normalized spacial score (nSPS) is 11.0. The second-order valence-electron chi connectivity index (χ2n) is 7.40. The van der Waals surface area contributed by atoms with Gasteiger partial charge in [0.05, 0.1) is 11.2 Å². The molecule has 0 saturated heterocycles. The van der Waals surface area contributed by atoms with Gasteiger partial charge in [-0.3, -0.25) is 14.2 Å². The van der Waals surface area contributed by atoms with Gasteiger partial charge in [-0.2, -0.15) is 0 Å².